The third kappa shape index (κ3) is 3.05. The highest BCUT2D eigenvalue weighted by Crippen LogP contribution is 2.31. The number of piperidine rings is 1. The molecule has 6 nitrogen and oxygen atoms in total. The largest absolute Gasteiger partial charge is 0.394 e. The van der Waals surface area contributed by atoms with E-state index in [1.165, 1.54) is 0 Å². The zero-order chi connectivity index (χ0) is 14.7. The molecule has 1 amide bonds. The number of rotatable bonds is 5. The van der Waals surface area contributed by atoms with E-state index in [-0.39, 0.29) is 5.91 Å². The monoisotopic (exact) mass is 279 g/mol. The normalized spacial score (nSPS) is 16.6. The number of nitrogens with zero attached hydrogens (tertiary/aromatic N) is 3. The third-order valence-corrected chi connectivity index (χ3v) is 3.99. The summed E-state index contributed by atoms with van der Waals surface area (Å²) in [5.41, 5.74) is 13.1. The molecule has 112 valence electrons. The predicted molar refractivity (Wildman–Crippen MR) is 80.4 cm³/mol. The van der Waals surface area contributed by atoms with Crippen molar-refractivity contribution >= 4 is 17.4 Å². The molecule has 1 aliphatic rings. The van der Waals surface area contributed by atoms with Gasteiger partial charge in [-0.25, -0.2) is 4.68 Å². The van der Waals surface area contributed by atoms with E-state index in [4.69, 9.17) is 11.5 Å². The van der Waals surface area contributed by atoms with E-state index in [1.54, 1.807) is 0 Å². The highest BCUT2D eigenvalue weighted by Gasteiger charge is 2.25. The van der Waals surface area contributed by atoms with Crippen molar-refractivity contribution in [2.75, 3.05) is 23.7 Å². The van der Waals surface area contributed by atoms with Crippen LogP contribution < -0.4 is 16.4 Å². The Morgan fingerprint density at radius 2 is 2.05 bits per heavy atom. The van der Waals surface area contributed by atoms with Crippen LogP contribution in [-0.4, -0.2) is 28.8 Å². The van der Waals surface area contributed by atoms with Gasteiger partial charge in [0.25, 0.3) is 0 Å². The van der Waals surface area contributed by atoms with Crippen LogP contribution in [0.4, 0.5) is 11.5 Å². The molecular formula is C14H25N5O. The van der Waals surface area contributed by atoms with Gasteiger partial charge in [0.15, 0.2) is 5.82 Å². The first-order valence-corrected chi connectivity index (χ1v) is 7.39. The minimum Gasteiger partial charge on any atom is -0.394 e. The molecule has 6 heteroatoms. The van der Waals surface area contributed by atoms with Gasteiger partial charge in [-0.3, -0.25) is 4.79 Å². The second kappa shape index (κ2) is 6.15. The first kappa shape index (κ1) is 14.7. The van der Waals surface area contributed by atoms with Gasteiger partial charge in [0.05, 0.1) is 11.4 Å². The van der Waals surface area contributed by atoms with Crippen LogP contribution in [0.2, 0.25) is 0 Å². The average Bonchev–Trinajstić information content (AvgIpc) is 2.66. The molecule has 0 aliphatic carbocycles. The third-order valence-electron chi connectivity index (χ3n) is 3.99. The van der Waals surface area contributed by atoms with Crippen LogP contribution in [0.5, 0.6) is 0 Å². The lowest BCUT2D eigenvalue weighted by molar-refractivity contribution is -0.119. The molecule has 1 fully saturated rings. The summed E-state index contributed by atoms with van der Waals surface area (Å²) in [7, 11) is 0. The van der Waals surface area contributed by atoms with Crippen LogP contribution in [0.25, 0.3) is 0 Å². The molecule has 1 aromatic heterocycles. The topological polar surface area (TPSA) is 90.2 Å². The molecule has 20 heavy (non-hydrogen) atoms. The van der Waals surface area contributed by atoms with Gasteiger partial charge < -0.3 is 16.4 Å². The molecule has 1 aliphatic heterocycles. The van der Waals surface area contributed by atoms with Crippen molar-refractivity contribution in [3.63, 3.8) is 0 Å². The number of nitrogen functional groups attached to an aromatic ring is 1. The van der Waals surface area contributed by atoms with Gasteiger partial charge in [0, 0.05) is 26.1 Å². The first-order chi connectivity index (χ1) is 9.52. The summed E-state index contributed by atoms with van der Waals surface area (Å²) in [6.45, 7) is 6.80. The Hall–Kier alpha value is -1.72. The van der Waals surface area contributed by atoms with E-state index in [2.05, 4.69) is 16.9 Å². The number of anilines is 2. The van der Waals surface area contributed by atoms with Gasteiger partial charge in [-0.1, -0.05) is 6.92 Å². The molecule has 0 spiro atoms. The molecule has 0 saturated carbocycles. The maximum absolute atomic E-state index is 11.0. The van der Waals surface area contributed by atoms with Gasteiger partial charge in [-0.2, -0.15) is 5.10 Å². The number of primary amides is 1. The molecular weight excluding hydrogens is 254 g/mol. The molecule has 1 saturated heterocycles. The molecule has 0 unspecified atom stereocenters. The second-order valence-corrected chi connectivity index (χ2v) is 5.65. The summed E-state index contributed by atoms with van der Waals surface area (Å²) in [6, 6.07) is 0. The molecule has 2 heterocycles. The standard InChI is InChI=1S/C14H25N5O/c1-3-6-19-14(13(16)10(2)17-19)18-7-4-11(5-8-18)9-12(15)20/h11H,3-9,16H2,1-2H3,(H2,15,20). The van der Waals surface area contributed by atoms with Gasteiger partial charge in [-0.15, -0.1) is 0 Å². The Labute approximate surface area is 120 Å². The first-order valence-electron chi connectivity index (χ1n) is 7.39. The summed E-state index contributed by atoms with van der Waals surface area (Å²) in [5.74, 6) is 1.25. The van der Waals surface area contributed by atoms with Crippen LogP contribution in [0.3, 0.4) is 0 Å². The Bertz CT molecular complexity index is 474. The summed E-state index contributed by atoms with van der Waals surface area (Å²) in [4.78, 5) is 13.3. The van der Waals surface area contributed by atoms with Gasteiger partial charge in [-0.05, 0) is 32.1 Å². The Morgan fingerprint density at radius 3 is 2.60 bits per heavy atom. The molecule has 2 rings (SSSR count). The van der Waals surface area contributed by atoms with Crippen molar-refractivity contribution in [1.82, 2.24) is 9.78 Å². The fourth-order valence-corrected chi connectivity index (χ4v) is 2.92. The van der Waals surface area contributed by atoms with Crippen molar-refractivity contribution in [3.8, 4) is 0 Å². The summed E-state index contributed by atoms with van der Waals surface area (Å²) in [6.07, 6.45) is 3.50. The van der Waals surface area contributed by atoms with E-state index in [0.29, 0.717) is 12.3 Å². The molecule has 0 atom stereocenters. The van der Waals surface area contributed by atoms with Gasteiger partial charge in [0.1, 0.15) is 0 Å². The average molecular weight is 279 g/mol. The number of aromatic nitrogens is 2. The molecule has 0 aromatic carbocycles. The lowest BCUT2D eigenvalue weighted by Gasteiger charge is -2.33. The molecule has 1 aromatic rings. The number of hydrogen-bond donors (Lipinski definition) is 2. The van der Waals surface area contributed by atoms with Gasteiger partial charge in [0.2, 0.25) is 5.91 Å². The minimum atomic E-state index is -0.199. The van der Waals surface area contributed by atoms with Gasteiger partial charge >= 0.3 is 0 Å². The van der Waals surface area contributed by atoms with E-state index in [1.807, 2.05) is 11.6 Å². The summed E-state index contributed by atoms with van der Waals surface area (Å²) in [5, 5.41) is 4.52. The van der Waals surface area contributed by atoms with Crippen molar-refractivity contribution in [2.45, 2.75) is 46.1 Å². The Kier molecular flexibility index (Phi) is 4.52. The maximum Gasteiger partial charge on any atom is 0.217 e. The Balaban J connectivity index is 2.08. The lowest BCUT2D eigenvalue weighted by Crippen LogP contribution is -2.36. The SMILES string of the molecule is CCCn1nc(C)c(N)c1N1CCC(CC(N)=O)CC1. The van der Waals surface area contributed by atoms with Crippen LogP contribution >= 0.6 is 0 Å². The molecule has 0 bridgehead atoms. The van der Waals surface area contributed by atoms with Crippen molar-refractivity contribution in [2.24, 2.45) is 11.7 Å². The molecule has 0 radical (unpaired) electrons. The van der Waals surface area contributed by atoms with E-state index in [0.717, 1.165) is 56.1 Å². The van der Waals surface area contributed by atoms with Crippen LogP contribution in [0.1, 0.15) is 38.3 Å². The zero-order valence-electron chi connectivity index (χ0n) is 12.4. The zero-order valence-corrected chi connectivity index (χ0v) is 12.4. The highest BCUT2D eigenvalue weighted by molar-refractivity contribution is 5.74. The number of hydrogen-bond acceptors (Lipinski definition) is 4. The van der Waals surface area contributed by atoms with E-state index in [9.17, 15) is 4.79 Å². The van der Waals surface area contributed by atoms with Crippen molar-refractivity contribution in [1.29, 1.82) is 0 Å². The summed E-state index contributed by atoms with van der Waals surface area (Å²) < 4.78 is 2.01. The minimum absolute atomic E-state index is 0.199. The fraction of sp³-hybridized carbons (Fsp3) is 0.714. The Morgan fingerprint density at radius 1 is 1.40 bits per heavy atom. The van der Waals surface area contributed by atoms with E-state index >= 15 is 0 Å². The van der Waals surface area contributed by atoms with Crippen molar-refractivity contribution in [3.05, 3.63) is 5.69 Å². The number of carbonyl (C=O) groups excluding carboxylic acids is 1. The number of nitrogens with two attached hydrogens (primary N) is 2. The second-order valence-electron chi connectivity index (χ2n) is 5.65. The smallest absolute Gasteiger partial charge is 0.217 e. The van der Waals surface area contributed by atoms with Crippen LogP contribution in [0.15, 0.2) is 0 Å². The predicted octanol–water partition coefficient (Wildman–Crippen LogP) is 1.28. The molecule has 4 N–H and O–H groups in total. The van der Waals surface area contributed by atoms with Crippen LogP contribution in [-0.2, 0) is 11.3 Å². The summed E-state index contributed by atoms with van der Waals surface area (Å²) >= 11 is 0. The van der Waals surface area contributed by atoms with E-state index < -0.39 is 0 Å². The fourth-order valence-electron chi connectivity index (χ4n) is 2.92. The number of aryl methyl sites for hydroxylation is 2. The van der Waals surface area contributed by atoms with Crippen LogP contribution in [0, 0.1) is 12.8 Å². The maximum atomic E-state index is 11.0. The quantitative estimate of drug-likeness (QED) is 0.849. The lowest BCUT2D eigenvalue weighted by atomic mass is 9.93. The van der Waals surface area contributed by atoms with Crippen molar-refractivity contribution < 1.29 is 4.79 Å². The number of amides is 1. The highest BCUT2D eigenvalue weighted by atomic mass is 16.1. The number of carbonyl (C=O) groups is 1.